The van der Waals surface area contributed by atoms with Crippen LogP contribution in [-0.2, 0) is 17.5 Å². The SMILES string of the molecule is O=C1CCCN1Cc1nnc(Sc2ccc3nnc(C(F)(F)F)n3n2)n1-c1ccccn1. The zero-order valence-corrected chi connectivity index (χ0v) is 17.1. The zero-order valence-electron chi connectivity index (χ0n) is 16.3. The van der Waals surface area contributed by atoms with Gasteiger partial charge in [0.25, 0.3) is 5.82 Å². The van der Waals surface area contributed by atoms with Gasteiger partial charge in [0.15, 0.2) is 11.5 Å². The van der Waals surface area contributed by atoms with Crippen molar-refractivity contribution in [3.05, 3.63) is 48.2 Å². The van der Waals surface area contributed by atoms with Crippen molar-refractivity contribution in [2.24, 2.45) is 0 Å². The van der Waals surface area contributed by atoms with Gasteiger partial charge in [-0.25, -0.2) is 4.98 Å². The van der Waals surface area contributed by atoms with Gasteiger partial charge in [0.05, 0.1) is 6.54 Å². The van der Waals surface area contributed by atoms with Crippen LogP contribution in [-0.4, -0.2) is 56.9 Å². The van der Waals surface area contributed by atoms with E-state index in [4.69, 9.17) is 0 Å². The Kier molecular flexibility index (Phi) is 5.00. The van der Waals surface area contributed by atoms with E-state index in [1.165, 1.54) is 12.1 Å². The number of aromatic nitrogens is 8. The number of hydrogen-bond acceptors (Lipinski definition) is 8. The minimum absolute atomic E-state index is 0.0268. The summed E-state index contributed by atoms with van der Waals surface area (Å²) in [5.74, 6) is -0.172. The van der Waals surface area contributed by atoms with Crippen LogP contribution in [0, 0.1) is 0 Å². The number of fused-ring (bicyclic) bond motifs is 1. The van der Waals surface area contributed by atoms with Gasteiger partial charge in [0.1, 0.15) is 10.8 Å². The number of halogens is 3. The van der Waals surface area contributed by atoms with Gasteiger partial charge in [0.2, 0.25) is 11.1 Å². The summed E-state index contributed by atoms with van der Waals surface area (Å²) in [4.78, 5) is 18.1. The first-order valence-electron chi connectivity index (χ1n) is 9.51. The first-order chi connectivity index (χ1) is 15.4. The molecule has 4 aromatic heterocycles. The van der Waals surface area contributed by atoms with Gasteiger partial charge in [-0.2, -0.15) is 22.8 Å². The predicted octanol–water partition coefficient (Wildman–Crippen LogP) is 2.39. The van der Waals surface area contributed by atoms with Crippen molar-refractivity contribution in [2.75, 3.05) is 6.54 Å². The van der Waals surface area contributed by atoms with Crippen LogP contribution in [0.4, 0.5) is 13.2 Å². The summed E-state index contributed by atoms with van der Waals surface area (Å²) < 4.78 is 41.9. The first kappa shape index (κ1) is 20.4. The normalized spacial score (nSPS) is 14.6. The molecule has 0 bridgehead atoms. The van der Waals surface area contributed by atoms with Gasteiger partial charge in [-0.05, 0) is 42.4 Å². The van der Waals surface area contributed by atoms with E-state index >= 15 is 0 Å². The Morgan fingerprint density at radius 2 is 1.94 bits per heavy atom. The van der Waals surface area contributed by atoms with Gasteiger partial charge in [0, 0.05) is 19.2 Å². The van der Waals surface area contributed by atoms with E-state index in [1.54, 1.807) is 33.9 Å². The topological polar surface area (TPSA) is 107 Å². The van der Waals surface area contributed by atoms with Gasteiger partial charge >= 0.3 is 6.18 Å². The van der Waals surface area contributed by atoms with Crippen molar-refractivity contribution in [3.8, 4) is 5.82 Å². The summed E-state index contributed by atoms with van der Waals surface area (Å²) in [7, 11) is 0. The van der Waals surface area contributed by atoms with Crippen LogP contribution in [0.15, 0.2) is 46.7 Å². The number of alkyl halides is 3. The Bertz CT molecular complexity index is 1290. The molecule has 0 aliphatic carbocycles. The molecule has 32 heavy (non-hydrogen) atoms. The second kappa shape index (κ2) is 7.85. The maximum absolute atomic E-state index is 13.2. The maximum Gasteiger partial charge on any atom is 0.453 e. The molecule has 5 rings (SSSR count). The van der Waals surface area contributed by atoms with Crippen LogP contribution >= 0.6 is 11.8 Å². The molecule has 0 aromatic carbocycles. The molecule has 10 nitrogen and oxygen atoms in total. The molecule has 1 aliphatic heterocycles. The number of amides is 1. The molecule has 1 aliphatic rings. The van der Waals surface area contributed by atoms with Gasteiger partial charge in [-0.1, -0.05) is 6.07 Å². The lowest BCUT2D eigenvalue weighted by Gasteiger charge is -2.16. The van der Waals surface area contributed by atoms with Gasteiger partial charge in [-0.15, -0.1) is 20.4 Å². The van der Waals surface area contributed by atoms with Crippen LogP contribution in [0.25, 0.3) is 11.5 Å². The summed E-state index contributed by atoms with van der Waals surface area (Å²) in [5.41, 5.74) is -0.0268. The summed E-state index contributed by atoms with van der Waals surface area (Å²) in [6.45, 7) is 0.877. The fourth-order valence-electron chi connectivity index (χ4n) is 3.32. The van der Waals surface area contributed by atoms with E-state index in [1.807, 2.05) is 0 Å². The van der Waals surface area contributed by atoms with Crippen LogP contribution in [0.2, 0.25) is 0 Å². The van der Waals surface area contributed by atoms with E-state index in [9.17, 15) is 18.0 Å². The number of hydrogen-bond donors (Lipinski definition) is 0. The maximum atomic E-state index is 13.2. The smallest absolute Gasteiger partial charge is 0.335 e. The molecule has 1 fully saturated rings. The molecule has 0 N–H and O–H groups in total. The fourth-order valence-corrected chi connectivity index (χ4v) is 4.14. The Hall–Kier alpha value is -3.55. The minimum atomic E-state index is -4.70. The predicted molar refractivity (Wildman–Crippen MR) is 104 cm³/mol. The van der Waals surface area contributed by atoms with Crippen LogP contribution in [0.3, 0.4) is 0 Å². The molecule has 0 saturated carbocycles. The van der Waals surface area contributed by atoms with Gasteiger partial charge < -0.3 is 4.90 Å². The van der Waals surface area contributed by atoms with Crippen molar-refractivity contribution in [1.82, 2.24) is 44.5 Å². The number of nitrogens with zero attached hydrogens (tertiary/aromatic N) is 9. The molecule has 0 radical (unpaired) electrons. The minimum Gasteiger partial charge on any atom is -0.335 e. The highest BCUT2D eigenvalue weighted by Gasteiger charge is 2.37. The molecule has 14 heteroatoms. The highest BCUT2D eigenvalue weighted by Crippen LogP contribution is 2.31. The summed E-state index contributed by atoms with van der Waals surface area (Å²) >= 11 is 1.02. The van der Waals surface area contributed by atoms with Crippen molar-refractivity contribution < 1.29 is 18.0 Å². The van der Waals surface area contributed by atoms with Crippen molar-refractivity contribution in [1.29, 1.82) is 0 Å². The molecule has 0 atom stereocenters. The number of carbonyl (C=O) groups is 1. The van der Waals surface area contributed by atoms with Crippen LogP contribution < -0.4 is 0 Å². The lowest BCUT2D eigenvalue weighted by atomic mass is 10.4. The van der Waals surface area contributed by atoms with Crippen LogP contribution in [0.5, 0.6) is 0 Å². The van der Waals surface area contributed by atoms with Crippen molar-refractivity contribution >= 4 is 23.3 Å². The number of likely N-dealkylation sites (tertiary alicyclic amines) is 1. The van der Waals surface area contributed by atoms with Crippen molar-refractivity contribution in [2.45, 2.75) is 35.7 Å². The van der Waals surface area contributed by atoms with Crippen molar-refractivity contribution in [3.63, 3.8) is 0 Å². The molecular formula is C18H14F3N9OS. The molecule has 4 aromatic rings. The summed E-state index contributed by atoms with van der Waals surface area (Å²) in [5, 5.41) is 19.7. The van der Waals surface area contributed by atoms with E-state index in [2.05, 4.69) is 30.5 Å². The molecule has 5 heterocycles. The van der Waals surface area contributed by atoms with Gasteiger partial charge in [-0.3, -0.25) is 9.36 Å². The second-order valence-corrected chi connectivity index (χ2v) is 7.89. The zero-order chi connectivity index (χ0) is 22.3. The van der Waals surface area contributed by atoms with E-state index < -0.39 is 12.0 Å². The number of rotatable bonds is 5. The van der Waals surface area contributed by atoms with E-state index in [0.29, 0.717) is 34.3 Å². The standard InChI is InChI=1S/C18H14F3N9OS/c19-18(20,21)16-25-23-12-6-7-14(27-30(12)16)32-17-26-24-13(10-28-9-3-5-15(28)31)29(17)11-4-1-2-8-22-11/h1-2,4,6-8H,3,5,9-10H2. The molecule has 0 spiro atoms. The quantitative estimate of drug-likeness (QED) is 0.446. The highest BCUT2D eigenvalue weighted by atomic mass is 32.2. The second-order valence-electron chi connectivity index (χ2n) is 6.91. The Balaban J connectivity index is 1.53. The lowest BCUT2D eigenvalue weighted by Crippen LogP contribution is -2.25. The molecular weight excluding hydrogens is 447 g/mol. The third-order valence-corrected chi connectivity index (χ3v) is 5.64. The fraction of sp³-hybridized carbons (Fsp3) is 0.278. The average molecular weight is 461 g/mol. The summed E-state index contributed by atoms with van der Waals surface area (Å²) in [6, 6.07) is 8.21. The molecule has 1 saturated heterocycles. The average Bonchev–Trinajstić information content (AvgIpc) is 3.47. The number of carbonyl (C=O) groups excluding carboxylic acids is 1. The third-order valence-electron chi connectivity index (χ3n) is 4.77. The third kappa shape index (κ3) is 3.77. The van der Waals surface area contributed by atoms with E-state index in [-0.39, 0.29) is 23.1 Å². The van der Waals surface area contributed by atoms with E-state index in [0.717, 1.165) is 18.2 Å². The monoisotopic (exact) mass is 461 g/mol. The number of pyridine rings is 1. The molecule has 164 valence electrons. The Morgan fingerprint density at radius 1 is 1.06 bits per heavy atom. The van der Waals surface area contributed by atoms with Crippen LogP contribution in [0.1, 0.15) is 24.5 Å². The molecule has 0 unspecified atom stereocenters. The summed E-state index contributed by atoms with van der Waals surface area (Å²) in [6.07, 6.45) is -1.82. The largest absolute Gasteiger partial charge is 0.453 e. The Labute approximate surface area is 182 Å². The Morgan fingerprint density at radius 3 is 2.66 bits per heavy atom. The highest BCUT2D eigenvalue weighted by molar-refractivity contribution is 7.99. The first-order valence-corrected chi connectivity index (χ1v) is 10.3. The lowest BCUT2D eigenvalue weighted by molar-refractivity contribution is -0.146. The molecule has 1 amide bonds.